The molecule has 0 aliphatic rings. The number of rotatable bonds is 8. The van der Waals surface area contributed by atoms with Gasteiger partial charge in [-0.05, 0) is 29.7 Å². The maximum atomic E-state index is 12.9. The lowest BCUT2D eigenvalue weighted by Crippen LogP contribution is -2.28. The second kappa shape index (κ2) is 8.63. The smallest absolute Gasteiger partial charge is 0.123 e. The molecule has 0 amide bonds. The molecule has 0 aliphatic heterocycles. The third-order valence-electron chi connectivity index (χ3n) is 3.64. The fourth-order valence-electron chi connectivity index (χ4n) is 2.41. The number of nitrogens with zero attached hydrogens (tertiary/aromatic N) is 1. The van der Waals surface area contributed by atoms with Crippen molar-refractivity contribution < 1.29 is 14.6 Å². The molecule has 4 heteroatoms. The minimum atomic E-state index is -0.627. The van der Waals surface area contributed by atoms with Crippen LogP contribution in [0, 0.1) is 5.82 Å². The van der Waals surface area contributed by atoms with Crippen LogP contribution in [0.1, 0.15) is 23.7 Å². The van der Waals surface area contributed by atoms with Crippen molar-refractivity contribution >= 4 is 0 Å². The van der Waals surface area contributed by atoms with Crippen LogP contribution in [0.4, 0.5) is 4.39 Å². The van der Waals surface area contributed by atoms with E-state index in [-0.39, 0.29) is 12.4 Å². The summed E-state index contributed by atoms with van der Waals surface area (Å²) in [5.41, 5.74) is 1.89. The van der Waals surface area contributed by atoms with Crippen molar-refractivity contribution in [1.29, 1.82) is 0 Å². The van der Waals surface area contributed by atoms with Gasteiger partial charge in [0.15, 0.2) is 0 Å². The Labute approximate surface area is 130 Å². The van der Waals surface area contributed by atoms with Crippen molar-refractivity contribution in [3.63, 3.8) is 0 Å². The van der Waals surface area contributed by atoms with E-state index in [9.17, 15) is 14.6 Å². The van der Waals surface area contributed by atoms with E-state index in [1.807, 2.05) is 30.3 Å². The van der Waals surface area contributed by atoms with Crippen molar-refractivity contribution in [3.05, 3.63) is 71.5 Å². The Morgan fingerprint density at radius 3 is 2.27 bits per heavy atom. The van der Waals surface area contributed by atoms with Gasteiger partial charge in [-0.1, -0.05) is 42.5 Å². The highest BCUT2D eigenvalue weighted by atomic mass is 19.1. The predicted octanol–water partition coefficient (Wildman–Crippen LogP) is 2.74. The fourth-order valence-corrected chi connectivity index (χ4v) is 2.41. The zero-order chi connectivity index (χ0) is 15.8. The van der Waals surface area contributed by atoms with Gasteiger partial charge in [0, 0.05) is 19.6 Å². The third-order valence-corrected chi connectivity index (χ3v) is 3.64. The molecule has 22 heavy (non-hydrogen) atoms. The molecule has 1 atom stereocenters. The molecule has 0 aromatic heterocycles. The van der Waals surface area contributed by atoms with Crippen LogP contribution < -0.4 is 0 Å². The van der Waals surface area contributed by atoms with Gasteiger partial charge in [-0.25, -0.2) is 4.39 Å². The molecule has 3 nitrogen and oxygen atoms in total. The summed E-state index contributed by atoms with van der Waals surface area (Å²) in [4.78, 5) is 2.10. The highest BCUT2D eigenvalue weighted by Crippen LogP contribution is 2.18. The molecule has 0 heterocycles. The van der Waals surface area contributed by atoms with Crippen molar-refractivity contribution in [3.8, 4) is 0 Å². The molecule has 0 saturated carbocycles. The first-order valence-electron chi connectivity index (χ1n) is 7.49. The van der Waals surface area contributed by atoms with Crippen LogP contribution in [-0.4, -0.2) is 34.8 Å². The summed E-state index contributed by atoms with van der Waals surface area (Å²) in [6.07, 6.45) is -0.0871. The Bertz CT molecular complexity index is 545. The molecule has 0 fully saturated rings. The molecule has 2 rings (SSSR count). The maximum Gasteiger partial charge on any atom is 0.123 e. The minimum Gasteiger partial charge on any atom is -0.395 e. The highest BCUT2D eigenvalue weighted by Gasteiger charge is 2.11. The van der Waals surface area contributed by atoms with Gasteiger partial charge in [0.1, 0.15) is 5.82 Å². The van der Waals surface area contributed by atoms with Gasteiger partial charge in [0.05, 0.1) is 12.7 Å². The normalized spacial score (nSPS) is 12.5. The van der Waals surface area contributed by atoms with Crippen molar-refractivity contribution in [2.75, 3.05) is 19.7 Å². The van der Waals surface area contributed by atoms with E-state index in [0.717, 1.165) is 6.54 Å². The number of hydrogen-bond acceptors (Lipinski definition) is 3. The van der Waals surface area contributed by atoms with E-state index >= 15 is 0 Å². The Kier molecular flexibility index (Phi) is 6.52. The van der Waals surface area contributed by atoms with Gasteiger partial charge in [-0.2, -0.15) is 0 Å². The second-order valence-electron chi connectivity index (χ2n) is 5.34. The molecule has 2 aromatic rings. The van der Waals surface area contributed by atoms with E-state index in [0.29, 0.717) is 25.1 Å². The Balaban J connectivity index is 1.89. The summed E-state index contributed by atoms with van der Waals surface area (Å²) in [5.74, 6) is -0.304. The molecule has 2 aromatic carbocycles. The summed E-state index contributed by atoms with van der Waals surface area (Å²) in [6.45, 7) is 2.04. The highest BCUT2D eigenvalue weighted by molar-refractivity contribution is 5.18. The lowest BCUT2D eigenvalue weighted by Gasteiger charge is -2.23. The molecule has 2 N–H and O–H groups in total. The van der Waals surface area contributed by atoms with Gasteiger partial charge in [0.25, 0.3) is 0 Å². The zero-order valence-electron chi connectivity index (χ0n) is 12.5. The van der Waals surface area contributed by atoms with E-state index in [1.165, 1.54) is 17.7 Å². The zero-order valence-corrected chi connectivity index (χ0v) is 12.5. The molecule has 118 valence electrons. The van der Waals surface area contributed by atoms with Crippen molar-refractivity contribution in [2.45, 2.75) is 19.1 Å². The topological polar surface area (TPSA) is 43.7 Å². The molecular formula is C18H22FNO2. The number of aliphatic hydroxyl groups is 2. The monoisotopic (exact) mass is 303 g/mol. The number of aliphatic hydroxyl groups excluding tert-OH is 2. The van der Waals surface area contributed by atoms with Gasteiger partial charge >= 0.3 is 0 Å². The fraction of sp³-hybridized carbons (Fsp3) is 0.333. The molecule has 0 saturated heterocycles. The Morgan fingerprint density at radius 1 is 0.955 bits per heavy atom. The Morgan fingerprint density at radius 2 is 1.64 bits per heavy atom. The van der Waals surface area contributed by atoms with Crippen LogP contribution in [0.2, 0.25) is 0 Å². The third kappa shape index (κ3) is 5.22. The van der Waals surface area contributed by atoms with E-state index < -0.39 is 6.10 Å². The molecule has 0 aliphatic carbocycles. The lowest BCUT2D eigenvalue weighted by atomic mass is 10.1. The van der Waals surface area contributed by atoms with Crippen LogP contribution in [0.25, 0.3) is 0 Å². The molecular weight excluding hydrogens is 281 g/mol. The summed E-state index contributed by atoms with van der Waals surface area (Å²) < 4.78 is 12.9. The Hall–Kier alpha value is -1.75. The standard InChI is InChI=1S/C18H22FNO2/c19-17-8-6-16(7-9-17)18(22)10-11-20(12-13-21)14-15-4-2-1-3-5-15/h1-9,18,21-22H,10-14H2. The first-order valence-corrected chi connectivity index (χ1v) is 7.49. The van der Waals surface area contributed by atoms with Crippen molar-refractivity contribution in [1.82, 2.24) is 4.90 Å². The number of hydrogen-bond donors (Lipinski definition) is 2. The van der Waals surface area contributed by atoms with Crippen LogP contribution in [-0.2, 0) is 6.54 Å². The minimum absolute atomic E-state index is 0.0828. The van der Waals surface area contributed by atoms with Crippen LogP contribution in [0.3, 0.4) is 0 Å². The summed E-state index contributed by atoms with van der Waals surface area (Å²) >= 11 is 0. The van der Waals surface area contributed by atoms with E-state index in [2.05, 4.69) is 4.90 Å². The van der Waals surface area contributed by atoms with Crippen LogP contribution in [0.15, 0.2) is 54.6 Å². The quantitative estimate of drug-likeness (QED) is 0.788. The van der Waals surface area contributed by atoms with Gasteiger partial charge < -0.3 is 10.2 Å². The molecule has 0 bridgehead atoms. The first kappa shape index (κ1) is 16.6. The van der Waals surface area contributed by atoms with Crippen molar-refractivity contribution in [2.24, 2.45) is 0 Å². The van der Waals surface area contributed by atoms with Crippen LogP contribution in [0.5, 0.6) is 0 Å². The van der Waals surface area contributed by atoms with Crippen LogP contribution >= 0.6 is 0 Å². The maximum absolute atomic E-state index is 12.9. The number of halogens is 1. The van der Waals surface area contributed by atoms with Gasteiger partial charge in [-0.3, -0.25) is 4.90 Å². The van der Waals surface area contributed by atoms with Gasteiger partial charge in [0.2, 0.25) is 0 Å². The lowest BCUT2D eigenvalue weighted by molar-refractivity contribution is 0.128. The predicted molar refractivity (Wildman–Crippen MR) is 84.8 cm³/mol. The second-order valence-corrected chi connectivity index (χ2v) is 5.34. The number of benzene rings is 2. The van der Waals surface area contributed by atoms with E-state index in [1.54, 1.807) is 12.1 Å². The summed E-state index contributed by atoms with van der Waals surface area (Å²) in [7, 11) is 0. The average molecular weight is 303 g/mol. The first-order chi connectivity index (χ1) is 10.7. The van der Waals surface area contributed by atoms with Gasteiger partial charge in [-0.15, -0.1) is 0 Å². The van der Waals surface area contributed by atoms with E-state index in [4.69, 9.17) is 0 Å². The summed E-state index contributed by atoms with van der Waals surface area (Å²) in [5, 5.41) is 19.4. The SMILES string of the molecule is OCCN(CCC(O)c1ccc(F)cc1)Cc1ccccc1. The largest absolute Gasteiger partial charge is 0.395 e. The molecule has 0 radical (unpaired) electrons. The molecule has 1 unspecified atom stereocenters. The average Bonchev–Trinajstić information content (AvgIpc) is 2.54. The molecule has 0 spiro atoms. The summed E-state index contributed by atoms with van der Waals surface area (Å²) in [6, 6.07) is 15.9.